The molecule has 13 heavy (non-hydrogen) atoms. The second kappa shape index (κ2) is 4.83. The molecule has 0 aliphatic carbocycles. The Hall–Kier alpha value is -0.270. The molecule has 0 spiro atoms. The van der Waals surface area contributed by atoms with E-state index < -0.39 is 36.3 Å². The number of cyclic esters (lactones) is 1. The molecular weight excluding hydrogens is 191 g/mol. The second-order valence-electron chi connectivity index (χ2n) is 2.31. The van der Waals surface area contributed by atoms with Crippen molar-refractivity contribution in [2.45, 2.75) is 12.2 Å². The molecule has 0 aromatic carbocycles. The number of rotatable bonds is 2. The van der Waals surface area contributed by atoms with Gasteiger partial charge in [0.05, 0.1) is 6.61 Å². The van der Waals surface area contributed by atoms with Crippen LogP contribution in [0.3, 0.4) is 0 Å². The fourth-order valence-electron chi connectivity index (χ4n) is 0.823. The third-order valence-corrected chi connectivity index (χ3v) is 1.48. The molecule has 0 aromatic rings. The van der Waals surface area contributed by atoms with Crippen molar-refractivity contribution in [3.63, 3.8) is 0 Å². The zero-order chi connectivity index (χ0) is 9.30. The van der Waals surface area contributed by atoms with Crippen LogP contribution >= 0.6 is 0 Å². The van der Waals surface area contributed by atoms with Crippen LogP contribution < -0.4 is 0 Å². The molecule has 1 aliphatic rings. The first-order valence-electron chi connectivity index (χ1n) is 3.20. The van der Waals surface area contributed by atoms with Gasteiger partial charge in [0.25, 0.3) is 0 Å². The number of ether oxygens (including phenoxy) is 1. The van der Waals surface area contributed by atoms with Crippen LogP contribution in [0.5, 0.6) is 0 Å². The summed E-state index contributed by atoms with van der Waals surface area (Å²) in [7, 11) is 0. The number of hydrogen-bond donors (Lipinski definition) is 4. The molecule has 69 valence electrons. The summed E-state index contributed by atoms with van der Waals surface area (Å²) >= 11 is 0. The van der Waals surface area contributed by atoms with Gasteiger partial charge in [-0.05, 0) is 0 Å². The molecule has 6 nitrogen and oxygen atoms in total. The largest absolute Gasteiger partial charge is 0.505 e. The van der Waals surface area contributed by atoms with Gasteiger partial charge >= 0.3 is 5.97 Å². The molecular formula is C6H8NaO6. The quantitative estimate of drug-likeness (QED) is 0.309. The van der Waals surface area contributed by atoms with E-state index in [1.165, 1.54) is 0 Å². The van der Waals surface area contributed by atoms with Gasteiger partial charge in [-0.25, -0.2) is 4.79 Å². The molecule has 1 aliphatic heterocycles. The van der Waals surface area contributed by atoms with Crippen LogP contribution in [0.2, 0.25) is 0 Å². The summed E-state index contributed by atoms with van der Waals surface area (Å²) in [6.07, 6.45) is -2.78. The van der Waals surface area contributed by atoms with Crippen LogP contribution in [-0.4, -0.2) is 74.8 Å². The average Bonchev–Trinajstić information content (AvgIpc) is 2.32. The van der Waals surface area contributed by atoms with Crippen LogP contribution in [-0.2, 0) is 9.53 Å². The average molecular weight is 199 g/mol. The SMILES string of the molecule is O=C1OC(C(O)CO)C(O)=C1O.[Na]. The van der Waals surface area contributed by atoms with Gasteiger partial charge in [-0.1, -0.05) is 0 Å². The number of carbonyl (C=O) groups excluding carboxylic acids is 1. The van der Waals surface area contributed by atoms with Crippen molar-refractivity contribution in [1.29, 1.82) is 0 Å². The monoisotopic (exact) mass is 199 g/mol. The fraction of sp³-hybridized carbons (Fsp3) is 0.500. The predicted octanol–water partition coefficient (Wildman–Crippen LogP) is -1.79. The first-order chi connectivity index (χ1) is 5.57. The van der Waals surface area contributed by atoms with Crippen LogP contribution in [0.25, 0.3) is 0 Å². The molecule has 0 fully saturated rings. The van der Waals surface area contributed by atoms with Gasteiger partial charge in [0, 0.05) is 29.6 Å². The molecule has 0 amide bonds. The molecule has 0 bridgehead atoms. The molecule has 7 heteroatoms. The van der Waals surface area contributed by atoms with Gasteiger partial charge in [0.2, 0.25) is 5.76 Å². The van der Waals surface area contributed by atoms with Crippen molar-refractivity contribution < 1.29 is 30.0 Å². The molecule has 2 unspecified atom stereocenters. The van der Waals surface area contributed by atoms with Crippen LogP contribution in [0.1, 0.15) is 0 Å². The number of carbonyl (C=O) groups is 1. The minimum atomic E-state index is -1.42. The minimum absolute atomic E-state index is 0. The van der Waals surface area contributed by atoms with Gasteiger partial charge < -0.3 is 25.2 Å². The fourth-order valence-corrected chi connectivity index (χ4v) is 0.823. The van der Waals surface area contributed by atoms with E-state index in [1.807, 2.05) is 0 Å². The van der Waals surface area contributed by atoms with Gasteiger partial charge in [0.1, 0.15) is 6.10 Å². The molecule has 1 radical (unpaired) electrons. The summed E-state index contributed by atoms with van der Waals surface area (Å²) < 4.78 is 4.32. The zero-order valence-corrected chi connectivity index (χ0v) is 8.97. The van der Waals surface area contributed by atoms with Crippen molar-refractivity contribution in [3.8, 4) is 0 Å². The van der Waals surface area contributed by atoms with E-state index in [2.05, 4.69) is 4.74 Å². The maximum absolute atomic E-state index is 10.5. The molecule has 2 atom stereocenters. The van der Waals surface area contributed by atoms with E-state index >= 15 is 0 Å². The summed E-state index contributed by atoms with van der Waals surface area (Å²) in [5.41, 5.74) is 0. The Labute approximate surface area is 95.7 Å². The number of aliphatic hydroxyl groups excluding tert-OH is 4. The number of aliphatic hydroxyl groups is 4. The number of esters is 1. The summed E-state index contributed by atoms with van der Waals surface area (Å²) in [6, 6.07) is 0. The number of hydrogen-bond acceptors (Lipinski definition) is 6. The van der Waals surface area contributed by atoms with Crippen molar-refractivity contribution in [2.24, 2.45) is 0 Å². The summed E-state index contributed by atoms with van der Waals surface area (Å²) in [6.45, 7) is -0.671. The van der Waals surface area contributed by atoms with Crippen LogP contribution in [0.15, 0.2) is 11.5 Å². The topological polar surface area (TPSA) is 107 Å². The molecule has 1 rings (SSSR count). The van der Waals surface area contributed by atoms with E-state index in [4.69, 9.17) is 20.4 Å². The van der Waals surface area contributed by atoms with Gasteiger partial charge in [-0.15, -0.1) is 0 Å². The standard InChI is InChI=1S/C6H8O6.Na/c7-1-2(8)5-3(9)4(10)6(11)12-5;/h2,5,7-10H,1H2;. The summed E-state index contributed by atoms with van der Waals surface area (Å²) in [4.78, 5) is 10.5. The normalized spacial score (nSPS) is 23.8. The van der Waals surface area contributed by atoms with Gasteiger partial charge in [0.15, 0.2) is 11.9 Å². The zero-order valence-electron chi connectivity index (χ0n) is 6.97. The first kappa shape index (κ1) is 12.7. The Morgan fingerprint density at radius 1 is 1.46 bits per heavy atom. The molecule has 0 saturated heterocycles. The van der Waals surface area contributed by atoms with E-state index in [0.29, 0.717) is 0 Å². The molecule has 1 heterocycles. The second-order valence-corrected chi connectivity index (χ2v) is 2.31. The summed E-state index contributed by atoms with van der Waals surface area (Å²) in [5.74, 6) is -2.78. The van der Waals surface area contributed by atoms with E-state index in [-0.39, 0.29) is 29.6 Å². The third kappa shape index (κ3) is 2.35. The predicted molar refractivity (Wildman–Crippen MR) is 41.0 cm³/mol. The molecule has 0 aromatic heterocycles. The van der Waals surface area contributed by atoms with Crippen molar-refractivity contribution in [1.82, 2.24) is 0 Å². The first-order valence-corrected chi connectivity index (χ1v) is 3.20. The Bertz CT molecular complexity index is 237. The van der Waals surface area contributed by atoms with Crippen molar-refractivity contribution in [2.75, 3.05) is 6.61 Å². The van der Waals surface area contributed by atoms with Crippen molar-refractivity contribution >= 4 is 35.5 Å². The van der Waals surface area contributed by atoms with E-state index in [1.54, 1.807) is 0 Å². The van der Waals surface area contributed by atoms with Gasteiger partial charge in [-0.2, -0.15) is 0 Å². The maximum atomic E-state index is 10.5. The Balaban J connectivity index is 0.00000144. The Morgan fingerprint density at radius 2 is 2.00 bits per heavy atom. The minimum Gasteiger partial charge on any atom is -0.505 e. The Morgan fingerprint density at radius 3 is 2.31 bits per heavy atom. The van der Waals surface area contributed by atoms with E-state index in [9.17, 15) is 4.79 Å². The summed E-state index contributed by atoms with van der Waals surface area (Å²) in [5, 5.41) is 35.0. The van der Waals surface area contributed by atoms with Crippen LogP contribution in [0, 0.1) is 0 Å². The third-order valence-electron chi connectivity index (χ3n) is 1.48. The smallest absolute Gasteiger partial charge is 0.377 e. The van der Waals surface area contributed by atoms with Gasteiger partial charge in [-0.3, -0.25) is 0 Å². The molecule has 4 N–H and O–H groups in total. The molecule has 0 saturated carbocycles. The van der Waals surface area contributed by atoms with E-state index in [0.717, 1.165) is 0 Å². The maximum Gasteiger partial charge on any atom is 0.377 e. The Kier molecular flexibility index (Phi) is 4.72. The van der Waals surface area contributed by atoms with Crippen molar-refractivity contribution in [3.05, 3.63) is 11.5 Å². The van der Waals surface area contributed by atoms with Crippen LogP contribution in [0.4, 0.5) is 0 Å².